The predicted octanol–water partition coefficient (Wildman–Crippen LogP) is 3.34. The lowest BCUT2D eigenvalue weighted by atomic mass is 9.92. The van der Waals surface area contributed by atoms with Crippen LogP contribution in [0.5, 0.6) is 0 Å². The zero-order valence-electron chi connectivity index (χ0n) is 11.4. The van der Waals surface area contributed by atoms with Crippen molar-refractivity contribution in [2.24, 2.45) is 0 Å². The Morgan fingerprint density at radius 1 is 1.20 bits per heavy atom. The Bertz CT molecular complexity index is 769. The van der Waals surface area contributed by atoms with E-state index in [-0.39, 0.29) is 5.91 Å². The molecule has 0 atom stereocenters. The number of carbonyl (C=O) groups excluding carboxylic acids is 1. The van der Waals surface area contributed by atoms with Gasteiger partial charge in [-0.3, -0.25) is 4.79 Å². The molecule has 1 N–H and O–H groups in total. The molecule has 0 radical (unpaired) electrons. The Labute approximate surface area is 117 Å². The number of benzene rings is 2. The number of nitrogens with one attached hydrogen (secondary N) is 1. The minimum absolute atomic E-state index is 0.0329. The van der Waals surface area contributed by atoms with E-state index in [1.54, 1.807) is 0 Å². The fraction of sp³-hybridized carbons (Fsp3) is 0.176. The summed E-state index contributed by atoms with van der Waals surface area (Å²) >= 11 is 0. The van der Waals surface area contributed by atoms with Crippen molar-refractivity contribution in [3.05, 3.63) is 52.6 Å². The maximum Gasteiger partial charge on any atom is 0.228 e. The molecule has 0 saturated heterocycles. The molecule has 2 aromatic rings. The summed E-state index contributed by atoms with van der Waals surface area (Å²) in [5, 5.41) is 12.2. The first-order valence-electron chi connectivity index (χ1n) is 6.53. The molecule has 0 saturated carbocycles. The Hall–Kier alpha value is -2.60. The summed E-state index contributed by atoms with van der Waals surface area (Å²) < 4.78 is 0. The molecular weight excluding hydrogens is 248 g/mol. The molecule has 0 aliphatic carbocycles. The highest BCUT2D eigenvalue weighted by Crippen LogP contribution is 2.35. The van der Waals surface area contributed by atoms with E-state index in [4.69, 9.17) is 0 Å². The number of anilines is 1. The van der Waals surface area contributed by atoms with Gasteiger partial charge in [0.05, 0.1) is 18.1 Å². The third-order valence-corrected chi connectivity index (χ3v) is 3.71. The molecule has 3 heteroatoms. The third kappa shape index (κ3) is 1.86. The Balaban J connectivity index is 2.23. The van der Waals surface area contributed by atoms with Crippen molar-refractivity contribution in [3.63, 3.8) is 0 Å². The lowest BCUT2D eigenvalue weighted by Gasteiger charge is -2.12. The van der Waals surface area contributed by atoms with Crippen LogP contribution in [0.1, 0.15) is 22.3 Å². The third-order valence-electron chi connectivity index (χ3n) is 3.71. The first kappa shape index (κ1) is 12.4. The monoisotopic (exact) mass is 262 g/mol. The number of nitrogens with zero attached hydrogens (tertiary/aromatic N) is 1. The fourth-order valence-corrected chi connectivity index (χ4v) is 2.82. The SMILES string of the molecule is Cc1cc(-c2c(C)cccc2C#N)cc2c1NC(=O)C2. The van der Waals surface area contributed by atoms with Crippen LogP contribution in [0.15, 0.2) is 30.3 Å². The molecular formula is C17H14N2O. The van der Waals surface area contributed by atoms with E-state index in [0.29, 0.717) is 12.0 Å². The zero-order chi connectivity index (χ0) is 14.3. The second-order valence-corrected chi connectivity index (χ2v) is 5.16. The lowest BCUT2D eigenvalue weighted by Crippen LogP contribution is -2.04. The Morgan fingerprint density at radius 3 is 2.75 bits per heavy atom. The van der Waals surface area contributed by atoms with Crippen molar-refractivity contribution < 1.29 is 4.79 Å². The molecule has 3 nitrogen and oxygen atoms in total. The number of nitriles is 1. The number of aryl methyl sites for hydroxylation is 2. The summed E-state index contributed by atoms with van der Waals surface area (Å²) in [5.41, 5.74) is 6.67. The van der Waals surface area contributed by atoms with Crippen LogP contribution in [-0.4, -0.2) is 5.91 Å². The molecule has 1 aliphatic rings. The largest absolute Gasteiger partial charge is 0.325 e. The van der Waals surface area contributed by atoms with Gasteiger partial charge in [-0.15, -0.1) is 0 Å². The van der Waals surface area contributed by atoms with E-state index >= 15 is 0 Å². The second-order valence-electron chi connectivity index (χ2n) is 5.16. The van der Waals surface area contributed by atoms with Crippen LogP contribution in [0.3, 0.4) is 0 Å². The molecule has 1 amide bonds. The zero-order valence-corrected chi connectivity index (χ0v) is 11.4. The van der Waals surface area contributed by atoms with Gasteiger partial charge in [0, 0.05) is 11.3 Å². The van der Waals surface area contributed by atoms with Gasteiger partial charge in [0.25, 0.3) is 0 Å². The number of hydrogen-bond donors (Lipinski definition) is 1. The van der Waals surface area contributed by atoms with Crippen molar-refractivity contribution in [1.82, 2.24) is 0 Å². The average molecular weight is 262 g/mol. The first-order chi connectivity index (χ1) is 9.60. The van der Waals surface area contributed by atoms with Gasteiger partial charge in [-0.05, 0) is 54.3 Å². The highest BCUT2D eigenvalue weighted by Gasteiger charge is 2.21. The predicted molar refractivity (Wildman–Crippen MR) is 78.4 cm³/mol. The summed E-state index contributed by atoms with van der Waals surface area (Å²) in [4.78, 5) is 11.5. The highest BCUT2D eigenvalue weighted by molar-refractivity contribution is 6.01. The molecule has 98 valence electrons. The number of hydrogen-bond acceptors (Lipinski definition) is 2. The normalized spacial score (nSPS) is 12.8. The summed E-state index contributed by atoms with van der Waals surface area (Å²) in [6.07, 6.45) is 0.414. The van der Waals surface area contributed by atoms with Gasteiger partial charge in [0.2, 0.25) is 5.91 Å². The van der Waals surface area contributed by atoms with Crippen LogP contribution < -0.4 is 5.32 Å². The van der Waals surface area contributed by atoms with Crippen molar-refractivity contribution in [3.8, 4) is 17.2 Å². The van der Waals surface area contributed by atoms with E-state index in [1.165, 1.54) is 0 Å². The maximum atomic E-state index is 11.5. The number of amides is 1. The van der Waals surface area contributed by atoms with Gasteiger partial charge in [0.15, 0.2) is 0 Å². The van der Waals surface area contributed by atoms with Crippen molar-refractivity contribution in [2.45, 2.75) is 20.3 Å². The van der Waals surface area contributed by atoms with Crippen LogP contribution in [0.25, 0.3) is 11.1 Å². The van der Waals surface area contributed by atoms with Crippen molar-refractivity contribution in [2.75, 3.05) is 5.32 Å². The van der Waals surface area contributed by atoms with Crippen LogP contribution in [0.4, 0.5) is 5.69 Å². The van der Waals surface area contributed by atoms with Crippen molar-refractivity contribution in [1.29, 1.82) is 5.26 Å². The maximum absolute atomic E-state index is 11.5. The molecule has 2 aromatic carbocycles. The minimum atomic E-state index is 0.0329. The van der Waals surface area contributed by atoms with Crippen LogP contribution in [0, 0.1) is 25.2 Å². The van der Waals surface area contributed by atoms with Gasteiger partial charge in [0.1, 0.15) is 0 Å². The van der Waals surface area contributed by atoms with Gasteiger partial charge in [-0.25, -0.2) is 0 Å². The summed E-state index contributed by atoms with van der Waals surface area (Å²) in [6, 6.07) is 12.0. The van der Waals surface area contributed by atoms with E-state index in [2.05, 4.69) is 11.4 Å². The number of fused-ring (bicyclic) bond motifs is 1. The van der Waals surface area contributed by atoms with Gasteiger partial charge >= 0.3 is 0 Å². The summed E-state index contributed by atoms with van der Waals surface area (Å²) in [7, 11) is 0. The first-order valence-corrected chi connectivity index (χ1v) is 6.53. The second kappa shape index (κ2) is 4.50. The van der Waals surface area contributed by atoms with E-state index < -0.39 is 0 Å². The quantitative estimate of drug-likeness (QED) is 0.857. The molecule has 20 heavy (non-hydrogen) atoms. The van der Waals surface area contributed by atoms with E-state index in [9.17, 15) is 10.1 Å². The topological polar surface area (TPSA) is 52.9 Å². The Morgan fingerprint density at radius 2 is 2.00 bits per heavy atom. The standard InChI is InChI=1S/C17H14N2O/c1-10-4-3-5-12(9-18)16(10)13-6-11(2)17-14(7-13)8-15(20)19-17/h3-7H,8H2,1-2H3,(H,19,20). The van der Waals surface area contributed by atoms with E-state index in [1.807, 2.05) is 44.2 Å². The molecule has 0 unspecified atom stereocenters. The highest BCUT2D eigenvalue weighted by atomic mass is 16.1. The van der Waals surface area contributed by atoms with Gasteiger partial charge in [-0.1, -0.05) is 12.1 Å². The molecule has 3 rings (SSSR count). The smallest absolute Gasteiger partial charge is 0.228 e. The lowest BCUT2D eigenvalue weighted by molar-refractivity contribution is -0.115. The molecule has 1 heterocycles. The van der Waals surface area contributed by atoms with Crippen LogP contribution in [0.2, 0.25) is 0 Å². The molecule has 0 spiro atoms. The average Bonchev–Trinajstić information content (AvgIpc) is 2.79. The van der Waals surface area contributed by atoms with Crippen molar-refractivity contribution >= 4 is 11.6 Å². The van der Waals surface area contributed by atoms with Gasteiger partial charge < -0.3 is 5.32 Å². The number of carbonyl (C=O) groups is 1. The van der Waals surface area contributed by atoms with Crippen LogP contribution in [-0.2, 0) is 11.2 Å². The van der Waals surface area contributed by atoms with Gasteiger partial charge in [-0.2, -0.15) is 5.26 Å². The van der Waals surface area contributed by atoms with Crippen LogP contribution >= 0.6 is 0 Å². The summed E-state index contributed by atoms with van der Waals surface area (Å²) in [6.45, 7) is 3.99. The molecule has 0 aromatic heterocycles. The van der Waals surface area contributed by atoms with E-state index in [0.717, 1.165) is 33.5 Å². The fourth-order valence-electron chi connectivity index (χ4n) is 2.82. The minimum Gasteiger partial charge on any atom is -0.325 e. The molecule has 0 fully saturated rings. The summed E-state index contributed by atoms with van der Waals surface area (Å²) in [5.74, 6) is 0.0329. The Kier molecular flexibility index (Phi) is 2.80. The molecule has 1 aliphatic heterocycles. The number of rotatable bonds is 1. The molecule has 0 bridgehead atoms.